The van der Waals surface area contributed by atoms with Crippen LogP contribution in [0.25, 0.3) is 16.9 Å². The summed E-state index contributed by atoms with van der Waals surface area (Å²) in [6, 6.07) is 21.4. The van der Waals surface area contributed by atoms with Crippen molar-refractivity contribution < 1.29 is 13.5 Å². The van der Waals surface area contributed by atoms with E-state index in [4.69, 9.17) is 4.74 Å². The molecule has 1 atom stereocenters. The molecule has 7 heteroatoms. The molecule has 0 bridgehead atoms. The van der Waals surface area contributed by atoms with E-state index in [1.54, 1.807) is 11.0 Å². The van der Waals surface area contributed by atoms with Crippen LogP contribution in [0, 0.1) is 11.6 Å². The van der Waals surface area contributed by atoms with E-state index in [2.05, 4.69) is 15.2 Å². The van der Waals surface area contributed by atoms with Crippen molar-refractivity contribution in [3.8, 4) is 16.9 Å². The Kier molecular flexibility index (Phi) is 5.46. The Labute approximate surface area is 184 Å². The summed E-state index contributed by atoms with van der Waals surface area (Å²) in [5, 5.41) is 8.92. The largest absolute Gasteiger partial charge is 0.477 e. The first-order valence-corrected chi connectivity index (χ1v) is 10.4. The summed E-state index contributed by atoms with van der Waals surface area (Å²) in [5.74, 6) is -1.31. The Balaban J connectivity index is 1.31. The summed E-state index contributed by atoms with van der Waals surface area (Å²) in [6.07, 6.45) is 3.07. The van der Waals surface area contributed by atoms with Gasteiger partial charge in [-0.15, -0.1) is 5.10 Å². The topological polar surface area (TPSA) is 52.3 Å². The number of rotatable bonds is 5. The van der Waals surface area contributed by atoms with Gasteiger partial charge in [0, 0.05) is 12.0 Å². The molecular weight excluding hydrogens is 410 g/mol. The maximum absolute atomic E-state index is 14.1. The summed E-state index contributed by atoms with van der Waals surface area (Å²) in [7, 11) is 0. The minimum Gasteiger partial charge on any atom is -0.477 e. The van der Waals surface area contributed by atoms with Gasteiger partial charge in [0.05, 0.1) is 24.5 Å². The molecule has 5 rings (SSSR count). The summed E-state index contributed by atoms with van der Waals surface area (Å²) < 4.78 is 33.6. The molecule has 0 spiro atoms. The average Bonchev–Trinajstić information content (AvgIpc) is 3.31. The molecule has 5 nitrogen and oxygen atoms in total. The standard InChI is InChI=1S/C25H20F2N4O/c26-21-7-4-8-22(27)24(21)25-29-19(13-14-32-25)15-17-9-11-20(12-10-17)31-28-16-23(30-31)18-5-2-1-3-6-18/h1-12,16,19H,13-15H2. The molecular formula is C25H20F2N4O. The fraction of sp³-hybridized carbons (Fsp3) is 0.160. The highest BCUT2D eigenvalue weighted by molar-refractivity contribution is 5.95. The number of ether oxygens (including phenoxy) is 1. The van der Waals surface area contributed by atoms with Crippen molar-refractivity contribution >= 4 is 5.90 Å². The van der Waals surface area contributed by atoms with Gasteiger partial charge < -0.3 is 4.74 Å². The van der Waals surface area contributed by atoms with Gasteiger partial charge in [-0.1, -0.05) is 48.5 Å². The Morgan fingerprint density at radius 2 is 1.66 bits per heavy atom. The van der Waals surface area contributed by atoms with Crippen LogP contribution in [0.2, 0.25) is 0 Å². The minimum absolute atomic E-state index is 0.0302. The maximum Gasteiger partial charge on any atom is 0.222 e. The second kappa shape index (κ2) is 8.70. The monoisotopic (exact) mass is 430 g/mol. The molecule has 0 amide bonds. The quantitative estimate of drug-likeness (QED) is 0.448. The van der Waals surface area contributed by atoms with Crippen molar-refractivity contribution in [1.29, 1.82) is 0 Å². The summed E-state index contributed by atoms with van der Waals surface area (Å²) >= 11 is 0. The van der Waals surface area contributed by atoms with Crippen molar-refractivity contribution in [3.63, 3.8) is 0 Å². The molecule has 1 aromatic heterocycles. The van der Waals surface area contributed by atoms with Crippen LogP contribution in [0.4, 0.5) is 8.78 Å². The first kappa shape index (κ1) is 20.1. The number of aromatic nitrogens is 3. The summed E-state index contributed by atoms with van der Waals surface area (Å²) in [5.41, 5.74) is 3.52. The molecule has 0 N–H and O–H groups in total. The van der Waals surface area contributed by atoms with E-state index >= 15 is 0 Å². The second-order valence-electron chi connectivity index (χ2n) is 7.58. The van der Waals surface area contributed by atoms with Crippen molar-refractivity contribution in [1.82, 2.24) is 15.0 Å². The summed E-state index contributed by atoms with van der Waals surface area (Å²) in [6.45, 7) is 0.370. The maximum atomic E-state index is 14.1. The third kappa shape index (κ3) is 4.14. The van der Waals surface area contributed by atoms with Crippen molar-refractivity contribution in [2.45, 2.75) is 18.9 Å². The lowest BCUT2D eigenvalue weighted by molar-refractivity contribution is 0.258. The number of halogens is 2. The lowest BCUT2D eigenvalue weighted by Crippen LogP contribution is -2.25. The Hall–Kier alpha value is -3.87. The van der Waals surface area contributed by atoms with Crippen LogP contribution in [-0.2, 0) is 11.2 Å². The van der Waals surface area contributed by atoms with Gasteiger partial charge in [0.25, 0.3) is 0 Å². The van der Waals surface area contributed by atoms with E-state index in [-0.39, 0.29) is 17.5 Å². The van der Waals surface area contributed by atoms with Gasteiger partial charge in [0.1, 0.15) is 22.9 Å². The van der Waals surface area contributed by atoms with E-state index < -0.39 is 11.6 Å². The predicted molar refractivity (Wildman–Crippen MR) is 118 cm³/mol. The normalized spacial score (nSPS) is 15.8. The highest BCUT2D eigenvalue weighted by Crippen LogP contribution is 2.21. The molecule has 1 aliphatic heterocycles. The first-order chi connectivity index (χ1) is 15.7. The van der Waals surface area contributed by atoms with Gasteiger partial charge >= 0.3 is 0 Å². The van der Waals surface area contributed by atoms with Gasteiger partial charge in [-0.2, -0.15) is 9.90 Å². The van der Waals surface area contributed by atoms with Crippen LogP contribution in [-0.4, -0.2) is 33.5 Å². The highest BCUT2D eigenvalue weighted by Gasteiger charge is 2.23. The molecule has 0 saturated heterocycles. The number of aliphatic imine (C=N–C) groups is 1. The molecule has 32 heavy (non-hydrogen) atoms. The lowest BCUT2D eigenvalue weighted by atomic mass is 10.0. The molecule has 0 radical (unpaired) electrons. The zero-order valence-corrected chi connectivity index (χ0v) is 17.2. The molecule has 3 aromatic carbocycles. The first-order valence-electron chi connectivity index (χ1n) is 10.4. The molecule has 0 fully saturated rings. The van der Waals surface area contributed by atoms with Gasteiger partial charge in [-0.05, 0) is 36.2 Å². The van der Waals surface area contributed by atoms with Crippen LogP contribution in [0.15, 0.2) is 84.0 Å². The number of hydrogen-bond acceptors (Lipinski definition) is 4. The van der Waals surface area contributed by atoms with Gasteiger partial charge in [0.15, 0.2) is 0 Å². The van der Waals surface area contributed by atoms with E-state index in [0.29, 0.717) is 19.4 Å². The lowest BCUT2D eigenvalue weighted by Gasteiger charge is -2.22. The molecule has 4 aromatic rings. The van der Waals surface area contributed by atoms with Gasteiger partial charge in [-0.3, -0.25) is 0 Å². The van der Waals surface area contributed by atoms with Crippen molar-refractivity contribution in [3.05, 3.63) is 102 Å². The van der Waals surface area contributed by atoms with Gasteiger partial charge in [-0.25, -0.2) is 13.8 Å². The van der Waals surface area contributed by atoms with E-state index in [0.717, 1.165) is 22.5 Å². The van der Waals surface area contributed by atoms with Crippen molar-refractivity contribution in [2.24, 2.45) is 4.99 Å². The molecule has 1 unspecified atom stereocenters. The average molecular weight is 430 g/mol. The van der Waals surface area contributed by atoms with Crippen molar-refractivity contribution in [2.75, 3.05) is 6.61 Å². The minimum atomic E-state index is -0.671. The third-order valence-electron chi connectivity index (χ3n) is 5.37. The number of benzene rings is 3. The SMILES string of the molecule is Fc1cccc(F)c1C1=NC(Cc2ccc(-n3ncc(-c4ccccc4)n3)cc2)CCO1. The van der Waals surface area contributed by atoms with Crippen LogP contribution < -0.4 is 0 Å². The van der Waals surface area contributed by atoms with E-state index in [1.807, 2.05) is 54.6 Å². The van der Waals surface area contributed by atoms with E-state index in [1.165, 1.54) is 18.2 Å². The summed E-state index contributed by atoms with van der Waals surface area (Å²) in [4.78, 5) is 6.07. The number of hydrogen-bond donors (Lipinski definition) is 0. The predicted octanol–water partition coefficient (Wildman–Crippen LogP) is 4.99. The Morgan fingerprint density at radius 3 is 2.41 bits per heavy atom. The van der Waals surface area contributed by atoms with Crippen LogP contribution in [0.5, 0.6) is 0 Å². The molecule has 0 aliphatic carbocycles. The highest BCUT2D eigenvalue weighted by atomic mass is 19.1. The third-order valence-corrected chi connectivity index (χ3v) is 5.37. The van der Waals surface area contributed by atoms with Crippen LogP contribution in [0.1, 0.15) is 17.5 Å². The zero-order valence-electron chi connectivity index (χ0n) is 17.2. The Morgan fingerprint density at radius 1 is 0.906 bits per heavy atom. The molecule has 1 aliphatic rings. The zero-order chi connectivity index (χ0) is 21.9. The van der Waals surface area contributed by atoms with E-state index in [9.17, 15) is 8.78 Å². The second-order valence-corrected chi connectivity index (χ2v) is 7.58. The Bertz CT molecular complexity index is 1230. The van der Waals surface area contributed by atoms with Gasteiger partial charge in [0.2, 0.25) is 5.90 Å². The van der Waals surface area contributed by atoms with Crippen LogP contribution >= 0.6 is 0 Å². The molecule has 0 saturated carbocycles. The molecule has 2 heterocycles. The smallest absolute Gasteiger partial charge is 0.222 e. The number of nitrogens with zero attached hydrogens (tertiary/aromatic N) is 4. The molecule has 160 valence electrons. The fourth-order valence-electron chi connectivity index (χ4n) is 3.71. The van der Waals surface area contributed by atoms with Crippen LogP contribution in [0.3, 0.4) is 0 Å². The fourth-order valence-corrected chi connectivity index (χ4v) is 3.71.